The summed E-state index contributed by atoms with van der Waals surface area (Å²) < 4.78 is 2.31. The van der Waals surface area contributed by atoms with Gasteiger partial charge in [-0.05, 0) is 49.8 Å². The largest absolute Gasteiger partial charge is 0.355 e. The smallest absolute Gasteiger partial charge is 0.234 e. The third kappa shape index (κ3) is 4.33. The Kier molecular flexibility index (Phi) is 5.73. The number of nitrogens with zero attached hydrogens (tertiary/aromatic N) is 2. The van der Waals surface area contributed by atoms with E-state index in [9.17, 15) is 4.79 Å². The molecule has 0 fully saturated rings. The molecule has 142 valence electrons. The van der Waals surface area contributed by atoms with Gasteiger partial charge in [-0.3, -0.25) is 9.69 Å². The quantitative estimate of drug-likeness (QED) is 0.791. The molecule has 27 heavy (non-hydrogen) atoms. The van der Waals surface area contributed by atoms with E-state index >= 15 is 0 Å². The third-order valence-corrected chi connectivity index (χ3v) is 5.75. The van der Waals surface area contributed by atoms with Gasteiger partial charge in [0.2, 0.25) is 5.91 Å². The van der Waals surface area contributed by atoms with Gasteiger partial charge in [0.15, 0.2) is 0 Å². The molecule has 1 aromatic carbocycles. The van der Waals surface area contributed by atoms with Crippen molar-refractivity contribution in [1.29, 1.82) is 0 Å². The lowest BCUT2D eigenvalue weighted by Gasteiger charge is -2.36. The first-order chi connectivity index (χ1) is 13.3. The summed E-state index contributed by atoms with van der Waals surface area (Å²) in [6.07, 6.45) is 10.5. The van der Waals surface area contributed by atoms with Gasteiger partial charge >= 0.3 is 0 Å². The van der Waals surface area contributed by atoms with Crippen LogP contribution in [0.25, 0.3) is 0 Å². The van der Waals surface area contributed by atoms with Crippen molar-refractivity contribution in [2.45, 2.75) is 44.7 Å². The Morgan fingerprint density at radius 2 is 1.96 bits per heavy atom. The first-order valence-electron chi connectivity index (χ1n) is 10.2. The molecule has 0 bridgehead atoms. The van der Waals surface area contributed by atoms with Crippen molar-refractivity contribution < 1.29 is 4.79 Å². The van der Waals surface area contributed by atoms with Crippen LogP contribution in [-0.4, -0.2) is 35.0 Å². The van der Waals surface area contributed by atoms with Crippen LogP contribution in [0.3, 0.4) is 0 Å². The average Bonchev–Trinajstić information content (AvgIpc) is 3.18. The molecular formula is C23H29N3O. The Balaban J connectivity index is 1.39. The summed E-state index contributed by atoms with van der Waals surface area (Å²) in [6, 6.07) is 14.9. The first-order valence-corrected chi connectivity index (χ1v) is 10.2. The molecule has 1 unspecified atom stereocenters. The lowest BCUT2D eigenvalue weighted by molar-refractivity contribution is -0.122. The monoisotopic (exact) mass is 363 g/mol. The molecule has 1 atom stereocenters. The fourth-order valence-corrected chi connectivity index (χ4v) is 4.35. The fourth-order valence-electron chi connectivity index (χ4n) is 4.35. The van der Waals surface area contributed by atoms with Crippen LogP contribution < -0.4 is 5.32 Å². The predicted octanol–water partition coefficient (Wildman–Crippen LogP) is 3.90. The second-order valence-corrected chi connectivity index (χ2v) is 7.62. The number of amides is 1. The topological polar surface area (TPSA) is 37.3 Å². The second-order valence-electron chi connectivity index (χ2n) is 7.62. The van der Waals surface area contributed by atoms with Crippen molar-refractivity contribution in [2.75, 3.05) is 19.6 Å². The van der Waals surface area contributed by atoms with Gasteiger partial charge in [-0.1, -0.05) is 42.0 Å². The van der Waals surface area contributed by atoms with Crippen molar-refractivity contribution in [3.8, 4) is 0 Å². The highest BCUT2D eigenvalue weighted by Crippen LogP contribution is 2.31. The Hall–Kier alpha value is -2.33. The summed E-state index contributed by atoms with van der Waals surface area (Å²) >= 11 is 0. The summed E-state index contributed by atoms with van der Waals surface area (Å²) in [5.74, 6) is 0.132. The van der Waals surface area contributed by atoms with Gasteiger partial charge in [0.1, 0.15) is 0 Å². The molecule has 1 aromatic heterocycles. The van der Waals surface area contributed by atoms with E-state index in [-0.39, 0.29) is 11.9 Å². The van der Waals surface area contributed by atoms with Crippen LogP contribution >= 0.6 is 0 Å². The number of aromatic nitrogens is 1. The van der Waals surface area contributed by atoms with Crippen LogP contribution in [0, 0.1) is 0 Å². The molecule has 1 aliphatic carbocycles. The highest BCUT2D eigenvalue weighted by Gasteiger charge is 2.29. The van der Waals surface area contributed by atoms with Gasteiger partial charge in [0.05, 0.1) is 12.6 Å². The van der Waals surface area contributed by atoms with Gasteiger partial charge < -0.3 is 9.88 Å². The first kappa shape index (κ1) is 18.1. The summed E-state index contributed by atoms with van der Waals surface area (Å²) in [7, 11) is 0. The van der Waals surface area contributed by atoms with Crippen LogP contribution in [0.1, 0.15) is 49.4 Å². The molecule has 1 amide bonds. The highest BCUT2D eigenvalue weighted by molar-refractivity contribution is 5.78. The van der Waals surface area contributed by atoms with Crippen molar-refractivity contribution in [3.63, 3.8) is 0 Å². The standard InChI is InChI=1S/C23H29N3O/c27-22(24-14-13-19-8-3-1-4-9-19)18-26-17-16-25-15-7-12-21(25)23(26)20-10-5-2-6-11-20/h2,5-8,10-12,15,23H,1,3-4,9,13-14,16-18H2,(H,24,27). The number of hydrogen-bond donors (Lipinski definition) is 1. The Morgan fingerprint density at radius 3 is 2.78 bits per heavy atom. The summed E-state index contributed by atoms with van der Waals surface area (Å²) in [5, 5.41) is 3.14. The zero-order valence-corrected chi connectivity index (χ0v) is 15.9. The van der Waals surface area contributed by atoms with Crippen LogP contribution in [0.2, 0.25) is 0 Å². The number of carbonyl (C=O) groups is 1. The van der Waals surface area contributed by atoms with Gasteiger partial charge in [-0.25, -0.2) is 0 Å². The van der Waals surface area contributed by atoms with E-state index in [0.29, 0.717) is 6.54 Å². The minimum Gasteiger partial charge on any atom is -0.355 e. The van der Waals surface area contributed by atoms with E-state index in [1.807, 2.05) is 6.07 Å². The van der Waals surface area contributed by atoms with Gasteiger partial charge in [0, 0.05) is 31.5 Å². The molecule has 4 rings (SSSR count). The normalized spacial score (nSPS) is 20.0. The summed E-state index contributed by atoms with van der Waals surface area (Å²) in [6.45, 7) is 3.03. The van der Waals surface area contributed by atoms with E-state index in [1.54, 1.807) is 0 Å². The van der Waals surface area contributed by atoms with Crippen molar-refractivity contribution in [2.24, 2.45) is 0 Å². The molecule has 1 aliphatic heterocycles. The summed E-state index contributed by atoms with van der Waals surface area (Å²) in [4.78, 5) is 14.9. The highest BCUT2D eigenvalue weighted by atomic mass is 16.2. The molecule has 1 N–H and O–H groups in total. The zero-order valence-electron chi connectivity index (χ0n) is 15.9. The van der Waals surface area contributed by atoms with Crippen molar-refractivity contribution >= 4 is 5.91 Å². The van der Waals surface area contributed by atoms with E-state index < -0.39 is 0 Å². The number of carbonyl (C=O) groups excluding carboxylic acids is 1. The molecule has 2 heterocycles. The SMILES string of the molecule is O=C(CN1CCn2cccc2C1c1ccccc1)NCCC1=CCCCC1. The van der Waals surface area contributed by atoms with Gasteiger partial charge in [-0.2, -0.15) is 0 Å². The van der Waals surface area contributed by atoms with E-state index in [0.717, 1.165) is 26.1 Å². The number of fused-ring (bicyclic) bond motifs is 1. The Bertz CT molecular complexity index is 793. The third-order valence-electron chi connectivity index (χ3n) is 5.75. The van der Waals surface area contributed by atoms with Gasteiger partial charge in [0.25, 0.3) is 0 Å². The summed E-state index contributed by atoms with van der Waals surface area (Å²) in [5.41, 5.74) is 4.03. The Morgan fingerprint density at radius 1 is 1.07 bits per heavy atom. The number of benzene rings is 1. The molecule has 0 saturated heterocycles. The maximum atomic E-state index is 12.6. The molecule has 0 spiro atoms. The second kappa shape index (κ2) is 8.57. The van der Waals surface area contributed by atoms with Crippen molar-refractivity contribution in [1.82, 2.24) is 14.8 Å². The molecule has 0 saturated carbocycles. The number of hydrogen-bond acceptors (Lipinski definition) is 2. The molecule has 2 aliphatic rings. The predicted molar refractivity (Wildman–Crippen MR) is 108 cm³/mol. The minimum absolute atomic E-state index is 0.132. The zero-order chi connectivity index (χ0) is 18.5. The van der Waals surface area contributed by atoms with E-state index in [1.165, 1.54) is 42.5 Å². The number of rotatable bonds is 6. The number of allylic oxidation sites excluding steroid dienone is 1. The fraction of sp³-hybridized carbons (Fsp3) is 0.435. The van der Waals surface area contributed by atoms with Crippen molar-refractivity contribution in [3.05, 3.63) is 71.6 Å². The van der Waals surface area contributed by atoms with Crippen LogP contribution in [0.15, 0.2) is 60.3 Å². The van der Waals surface area contributed by atoms with E-state index in [4.69, 9.17) is 0 Å². The lowest BCUT2D eigenvalue weighted by Crippen LogP contribution is -2.44. The van der Waals surface area contributed by atoms with Crippen LogP contribution in [0.4, 0.5) is 0 Å². The molecule has 2 aromatic rings. The average molecular weight is 364 g/mol. The minimum atomic E-state index is 0.132. The van der Waals surface area contributed by atoms with Crippen LogP contribution in [-0.2, 0) is 11.3 Å². The van der Waals surface area contributed by atoms with E-state index in [2.05, 4.69) is 63.5 Å². The molecule has 0 radical (unpaired) electrons. The molecule has 4 heteroatoms. The number of nitrogens with one attached hydrogen (secondary N) is 1. The maximum absolute atomic E-state index is 12.6. The lowest BCUT2D eigenvalue weighted by atomic mass is 9.97. The maximum Gasteiger partial charge on any atom is 0.234 e. The molecule has 4 nitrogen and oxygen atoms in total. The molecular weight excluding hydrogens is 334 g/mol. The van der Waals surface area contributed by atoms with Crippen LogP contribution in [0.5, 0.6) is 0 Å². The Labute approximate surface area is 161 Å². The van der Waals surface area contributed by atoms with Gasteiger partial charge in [-0.15, -0.1) is 0 Å².